The van der Waals surface area contributed by atoms with Crippen LogP contribution in [-0.2, 0) is 11.0 Å². The summed E-state index contributed by atoms with van der Waals surface area (Å²) in [5.41, 5.74) is 3.32. The molecule has 0 aliphatic carbocycles. The van der Waals surface area contributed by atoms with E-state index in [1.807, 2.05) is 0 Å². The minimum atomic E-state index is -4.63. The fraction of sp³-hybridized carbons (Fsp3) is 0.273. The summed E-state index contributed by atoms with van der Waals surface area (Å²) in [6.45, 7) is -0.300. The van der Waals surface area contributed by atoms with E-state index in [-0.39, 0.29) is 12.2 Å². The number of halogens is 3. The van der Waals surface area contributed by atoms with Gasteiger partial charge in [0.05, 0.1) is 23.4 Å². The van der Waals surface area contributed by atoms with E-state index in [4.69, 9.17) is 10.8 Å². The van der Waals surface area contributed by atoms with E-state index in [0.717, 1.165) is 12.1 Å². The Labute approximate surface area is 106 Å². The number of nitrogens with zero attached hydrogens (tertiary/aromatic N) is 1. The molecule has 0 bridgehead atoms. The van der Waals surface area contributed by atoms with Crippen LogP contribution in [0.2, 0.25) is 0 Å². The smallest absolute Gasteiger partial charge is 0.416 e. The highest BCUT2D eigenvalue weighted by atomic mass is 19.4. The predicted molar refractivity (Wildman–Crippen MR) is 60.9 cm³/mol. The normalized spacial score (nSPS) is 11.2. The van der Waals surface area contributed by atoms with E-state index in [0.29, 0.717) is 6.07 Å². The molecule has 0 aromatic heterocycles. The first-order valence-corrected chi connectivity index (χ1v) is 5.07. The third-order valence-electron chi connectivity index (χ3n) is 2.36. The highest BCUT2D eigenvalue weighted by Gasteiger charge is 2.32. The summed E-state index contributed by atoms with van der Waals surface area (Å²) in [5, 5.41) is 8.93. The Kier molecular flexibility index (Phi) is 4.03. The summed E-state index contributed by atoms with van der Waals surface area (Å²) in [4.78, 5) is 22.9. The van der Waals surface area contributed by atoms with Crippen LogP contribution in [0.15, 0.2) is 18.2 Å². The van der Waals surface area contributed by atoms with E-state index in [9.17, 15) is 22.8 Å². The van der Waals surface area contributed by atoms with Crippen LogP contribution in [0.4, 0.5) is 18.9 Å². The van der Waals surface area contributed by atoms with Crippen molar-refractivity contribution in [2.75, 3.05) is 18.5 Å². The van der Waals surface area contributed by atoms with E-state index in [2.05, 4.69) is 0 Å². The van der Waals surface area contributed by atoms with E-state index < -0.39 is 29.2 Å². The monoisotopic (exact) mass is 276 g/mol. The molecule has 1 rings (SSSR count). The Morgan fingerprint density at radius 2 is 1.95 bits per heavy atom. The van der Waals surface area contributed by atoms with Crippen molar-refractivity contribution in [3.63, 3.8) is 0 Å². The summed E-state index contributed by atoms with van der Waals surface area (Å²) in [5.74, 6) is -2.24. The molecular weight excluding hydrogens is 265 g/mol. The fourth-order valence-corrected chi connectivity index (χ4v) is 1.54. The topological polar surface area (TPSA) is 83.6 Å². The third-order valence-corrected chi connectivity index (χ3v) is 2.36. The molecule has 0 aliphatic rings. The largest absolute Gasteiger partial charge is 0.478 e. The van der Waals surface area contributed by atoms with Crippen molar-refractivity contribution in [1.82, 2.24) is 0 Å². The Balaban J connectivity index is 3.26. The zero-order valence-corrected chi connectivity index (χ0v) is 9.86. The molecule has 104 valence electrons. The van der Waals surface area contributed by atoms with Gasteiger partial charge in [0, 0.05) is 7.05 Å². The maximum absolute atomic E-state index is 12.5. The van der Waals surface area contributed by atoms with Crippen molar-refractivity contribution in [1.29, 1.82) is 0 Å². The van der Waals surface area contributed by atoms with Gasteiger partial charge in [-0.3, -0.25) is 4.79 Å². The summed E-state index contributed by atoms with van der Waals surface area (Å²) in [7, 11) is 1.36. The van der Waals surface area contributed by atoms with E-state index in [1.54, 1.807) is 0 Å². The van der Waals surface area contributed by atoms with Gasteiger partial charge in [-0.05, 0) is 18.2 Å². The molecular formula is C11H11F3N2O3. The molecule has 1 aromatic carbocycles. The maximum atomic E-state index is 12.5. The number of hydrogen-bond donors (Lipinski definition) is 2. The fourth-order valence-electron chi connectivity index (χ4n) is 1.54. The number of likely N-dealkylation sites (N-methyl/N-ethyl adjacent to an activating group) is 1. The number of amides is 1. The number of carboxylic acid groups (broad SMARTS) is 1. The third kappa shape index (κ3) is 3.60. The Morgan fingerprint density at radius 1 is 1.37 bits per heavy atom. The molecule has 0 radical (unpaired) electrons. The minimum absolute atomic E-state index is 0.0145. The molecule has 0 saturated heterocycles. The molecule has 0 heterocycles. The van der Waals surface area contributed by atoms with Crippen LogP contribution in [0, 0.1) is 0 Å². The number of carboxylic acids is 1. The molecule has 0 unspecified atom stereocenters. The lowest BCUT2D eigenvalue weighted by molar-refractivity contribution is -0.137. The van der Waals surface area contributed by atoms with Gasteiger partial charge in [0.15, 0.2) is 0 Å². The number of carbonyl (C=O) groups is 2. The number of benzene rings is 1. The standard InChI is InChI=1S/C11H11F3N2O3/c1-16(5-9(15)17)8-3-2-6(11(12,13)14)4-7(8)10(18)19/h2-4H,5H2,1H3,(H2,15,17)(H,18,19). The second-order valence-corrected chi connectivity index (χ2v) is 3.86. The quantitative estimate of drug-likeness (QED) is 0.868. The van der Waals surface area contributed by atoms with Crippen LogP contribution >= 0.6 is 0 Å². The number of nitrogens with two attached hydrogens (primary N) is 1. The maximum Gasteiger partial charge on any atom is 0.416 e. The first kappa shape index (κ1) is 14.8. The Bertz CT molecular complexity index is 514. The highest BCUT2D eigenvalue weighted by Crippen LogP contribution is 2.32. The lowest BCUT2D eigenvalue weighted by Gasteiger charge is -2.20. The summed E-state index contributed by atoms with van der Waals surface area (Å²) >= 11 is 0. The summed E-state index contributed by atoms with van der Waals surface area (Å²) in [6, 6.07) is 2.27. The Morgan fingerprint density at radius 3 is 2.37 bits per heavy atom. The zero-order chi connectivity index (χ0) is 14.8. The van der Waals surface area contributed by atoms with Crippen LogP contribution in [0.25, 0.3) is 0 Å². The summed E-state index contributed by atoms with van der Waals surface area (Å²) < 4.78 is 37.5. The molecule has 0 aliphatic heterocycles. The lowest BCUT2D eigenvalue weighted by atomic mass is 10.1. The molecule has 1 aromatic rings. The highest BCUT2D eigenvalue weighted by molar-refractivity contribution is 5.95. The second-order valence-electron chi connectivity index (χ2n) is 3.86. The van der Waals surface area contributed by atoms with Crippen LogP contribution < -0.4 is 10.6 Å². The lowest BCUT2D eigenvalue weighted by Crippen LogP contribution is -2.31. The van der Waals surface area contributed by atoms with Crippen molar-refractivity contribution in [2.45, 2.75) is 6.18 Å². The minimum Gasteiger partial charge on any atom is -0.478 e. The van der Waals surface area contributed by atoms with Crippen LogP contribution in [-0.4, -0.2) is 30.6 Å². The van der Waals surface area contributed by atoms with Crippen molar-refractivity contribution in [3.05, 3.63) is 29.3 Å². The van der Waals surface area contributed by atoms with Crippen molar-refractivity contribution >= 4 is 17.6 Å². The van der Waals surface area contributed by atoms with Gasteiger partial charge in [0.25, 0.3) is 0 Å². The van der Waals surface area contributed by atoms with Gasteiger partial charge >= 0.3 is 12.1 Å². The number of primary amides is 1. The summed E-state index contributed by atoms with van der Waals surface area (Å²) in [6.07, 6.45) is -4.63. The average molecular weight is 276 g/mol. The SMILES string of the molecule is CN(CC(N)=O)c1ccc(C(F)(F)F)cc1C(=O)O. The number of carbonyl (C=O) groups excluding carboxylic acids is 1. The van der Waals surface area contributed by atoms with Crippen LogP contribution in [0.1, 0.15) is 15.9 Å². The second kappa shape index (κ2) is 5.17. The predicted octanol–water partition coefficient (Wildman–Crippen LogP) is 1.33. The van der Waals surface area contributed by atoms with Crippen LogP contribution in [0.3, 0.4) is 0 Å². The number of aromatic carboxylic acids is 1. The number of rotatable bonds is 4. The molecule has 8 heteroatoms. The molecule has 0 atom stereocenters. The van der Waals surface area contributed by atoms with Crippen LogP contribution in [0.5, 0.6) is 0 Å². The molecule has 0 spiro atoms. The number of anilines is 1. The van der Waals surface area contributed by atoms with E-state index >= 15 is 0 Å². The molecule has 3 N–H and O–H groups in total. The number of hydrogen-bond acceptors (Lipinski definition) is 3. The van der Waals surface area contributed by atoms with E-state index in [1.165, 1.54) is 11.9 Å². The van der Waals surface area contributed by atoms with Gasteiger partial charge in [0.1, 0.15) is 0 Å². The van der Waals surface area contributed by atoms with Gasteiger partial charge in [-0.25, -0.2) is 4.79 Å². The van der Waals surface area contributed by atoms with Crippen molar-refractivity contribution in [2.24, 2.45) is 5.73 Å². The first-order chi connectivity index (χ1) is 8.62. The number of alkyl halides is 3. The molecule has 0 saturated carbocycles. The first-order valence-electron chi connectivity index (χ1n) is 5.07. The molecule has 1 amide bonds. The zero-order valence-electron chi connectivity index (χ0n) is 9.86. The Hall–Kier alpha value is -2.25. The van der Waals surface area contributed by atoms with Crippen molar-refractivity contribution in [3.8, 4) is 0 Å². The average Bonchev–Trinajstić information content (AvgIpc) is 2.25. The molecule has 0 fully saturated rings. The molecule has 5 nitrogen and oxygen atoms in total. The van der Waals surface area contributed by atoms with Gasteiger partial charge in [-0.1, -0.05) is 0 Å². The van der Waals surface area contributed by atoms with Gasteiger partial charge < -0.3 is 15.7 Å². The van der Waals surface area contributed by atoms with Gasteiger partial charge in [-0.15, -0.1) is 0 Å². The van der Waals surface area contributed by atoms with Crippen molar-refractivity contribution < 1.29 is 27.9 Å². The molecule has 19 heavy (non-hydrogen) atoms. The van der Waals surface area contributed by atoms with Gasteiger partial charge in [0.2, 0.25) is 5.91 Å². The van der Waals surface area contributed by atoms with Gasteiger partial charge in [-0.2, -0.15) is 13.2 Å².